The van der Waals surface area contributed by atoms with E-state index in [4.69, 9.17) is 18.9 Å². The summed E-state index contributed by atoms with van der Waals surface area (Å²) in [6.07, 6.45) is 0. The summed E-state index contributed by atoms with van der Waals surface area (Å²) in [6.45, 7) is 3.18. The molecule has 0 radical (unpaired) electrons. The van der Waals surface area contributed by atoms with Gasteiger partial charge in [-0.15, -0.1) is 0 Å². The van der Waals surface area contributed by atoms with E-state index in [0.29, 0.717) is 5.56 Å². The lowest BCUT2D eigenvalue weighted by Gasteiger charge is -2.21. The van der Waals surface area contributed by atoms with E-state index < -0.39 is 17.7 Å². The van der Waals surface area contributed by atoms with Crippen molar-refractivity contribution in [2.45, 2.75) is 13.8 Å². The Hall–Kier alpha value is -3.42. The van der Waals surface area contributed by atoms with E-state index in [1.54, 1.807) is 19.9 Å². The van der Waals surface area contributed by atoms with Crippen molar-refractivity contribution in [2.75, 3.05) is 28.4 Å². The molecule has 28 heavy (non-hydrogen) atoms. The average molecular weight is 390 g/mol. The van der Waals surface area contributed by atoms with Gasteiger partial charge in [0.05, 0.1) is 34.0 Å². The fraction of sp³-hybridized carbons (Fsp3) is 0.300. The number of aromatic hydroxyl groups is 2. The molecule has 8 heteroatoms. The molecule has 0 aliphatic rings. The molecule has 2 N–H and O–H groups in total. The second kappa shape index (κ2) is 8.08. The first-order chi connectivity index (χ1) is 13.2. The molecular formula is C20H22O8. The van der Waals surface area contributed by atoms with Crippen molar-refractivity contribution in [3.05, 3.63) is 34.4 Å². The van der Waals surface area contributed by atoms with E-state index >= 15 is 0 Å². The molecule has 8 nitrogen and oxygen atoms in total. The second-order valence-electron chi connectivity index (χ2n) is 5.95. The molecule has 0 bridgehead atoms. The Labute approximate surface area is 162 Å². The molecule has 0 heterocycles. The number of methoxy groups -OCH3 is 4. The van der Waals surface area contributed by atoms with Gasteiger partial charge in [-0.2, -0.15) is 0 Å². The molecule has 0 fully saturated rings. The standard InChI is InChI=1S/C20H22O8/c1-9-7-12(25-3)17(18(22)14(9)19(23)27-5)16-10(2)15(20(24)28-6)11(21)8-13(16)26-4/h7-8,21-22H,1-6H3. The zero-order valence-corrected chi connectivity index (χ0v) is 16.5. The topological polar surface area (TPSA) is 112 Å². The van der Waals surface area contributed by atoms with Crippen LogP contribution in [0.5, 0.6) is 23.0 Å². The van der Waals surface area contributed by atoms with E-state index in [-0.39, 0.29) is 45.1 Å². The predicted molar refractivity (Wildman–Crippen MR) is 100 cm³/mol. The van der Waals surface area contributed by atoms with Crippen LogP contribution in [0.4, 0.5) is 0 Å². The van der Waals surface area contributed by atoms with Gasteiger partial charge in [-0.05, 0) is 31.0 Å². The Balaban J connectivity index is 3.02. The number of carbonyl (C=O) groups is 2. The molecule has 0 saturated heterocycles. The molecule has 2 aromatic carbocycles. The molecule has 0 aromatic heterocycles. The van der Waals surface area contributed by atoms with Crippen molar-refractivity contribution >= 4 is 11.9 Å². The Kier molecular flexibility index (Phi) is 6.03. The maximum absolute atomic E-state index is 12.2. The van der Waals surface area contributed by atoms with Crippen LogP contribution in [0.25, 0.3) is 11.1 Å². The van der Waals surface area contributed by atoms with Crippen LogP contribution < -0.4 is 9.47 Å². The summed E-state index contributed by atoms with van der Waals surface area (Å²) < 4.78 is 20.2. The van der Waals surface area contributed by atoms with E-state index in [0.717, 1.165) is 0 Å². The molecule has 2 aromatic rings. The maximum Gasteiger partial charge on any atom is 0.341 e. The fourth-order valence-corrected chi connectivity index (χ4v) is 3.13. The van der Waals surface area contributed by atoms with Gasteiger partial charge in [0.1, 0.15) is 34.1 Å². The van der Waals surface area contributed by atoms with E-state index in [2.05, 4.69) is 0 Å². The lowest BCUT2D eigenvalue weighted by molar-refractivity contribution is 0.0586. The number of hydrogen-bond acceptors (Lipinski definition) is 8. The predicted octanol–water partition coefficient (Wildman–Crippen LogP) is 2.97. The van der Waals surface area contributed by atoms with Gasteiger partial charge < -0.3 is 29.2 Å². The number of phenols is 2. The van der Waals surface area contributed by atoms with E-state index in [1.807, 2.05) is 0 Å². The molecule has 2 rings (SSSR count). The minimum Gasteiger partial charge on any atom is -0.507 e. The number of rotatable bonds is 5. The highest BCUT2D eigenvalue weighted by Crippen LogP contribution is 2.49. The number of hydrogen-bond donors (Lipinski definition) is 2. The highest BCUT2D eigenvalue weighted by Gasteiger charge is 2.29. The first-order valence-electron chi connectivity index (χ1n) is 8.21. The Morgan fingerprint density at radius 1 is 0.786 bits per heavy atom. The molecule has 0 aliphatic carbocycles. The molecule has 0 amide bonds. The highest BCUT2D eigenvalue weighted by atomic mass is 16.5. The quantitative estimate of drug-likeness (QED) is 0.750. The molecular weight excluding hydrogens is 368 g/mol. The van der Waals surface area contributed by atoms with Crippen molar-refractivity contribution in [3.8, 4) is 34.1 Å². The molecule has 0 saturated carbocycles. The molecule has 0 unspecified atom stereocenters. The van der Waals surface area contributed by atoms with E-state index in [1.165, 1.54) is 34.5 Å². The minimum atomic E-state index is -0.766. The summed E-state index contributed by atoms with van der Waals surface area (Å²) in [7, 11) is 5.16. The number of ether oxygens (including phenoxy) is 4. The van der Waals surface area contributed by atoms with Crippen molar-refractivity contribution in [1.29, 1.82) is 0 Å². The number of benzene rings is 2. The van der Waals surface area contributed by atoms with Gasteiger partial charge in [-0.3, -0.25) is 0 Å². The van der Waals surface area contributed by atoms with Gasteiger partial charge in [-0.25, -0.2) is 9.59 Å². The third-order valence-electron chi connectivity index (χ3n) is 4.45. The Morgan fingerprint density at radius 2 is 1.29 bits per heavy atom. The normalized spacial score (nSPS) is 10.4. The van der Waals surface area contributed by atoms with Crippen molar-refractivity contribution in [3.63, 3.8) is 0 Å². The third-order valence-corrected chi connectivity index (χ3v) is 4.45. The lowest BCUT2D eigenvalue weighted by atomic mass is 9.90. The van der Waals surface area contributed by atoms with Crippen molar-refractivity contribution in [1.82, 2.24) is 0 Å². The first-order valence-corrected chi connectivity index (χ1v) is 8.21. The highest BCUT2D eigenvalue weighted by molar-refractivity contribution is 6.02. The Bertz CT molecular complexity index is 869. The van der Waals surface area contributed by atoms with Gasteiger partial charge in [0.25, 0.3) is 0 Å². The van der Waals surface area contributed by atoms with Crippen LogP contribution in [0.15, 0.2) is 12.1 Å². The summed E-state index contributed by atoms with van der Waals surface area (Å²) in [4.78, 5) is 24.3. The number of esters is 2. The molecule has 0 spiro atoms. The van der Waals surface area contributed by atoms with Gasteiger partial charge >= 0.3 is 11.9 Å². The summed E-state index contributed by atoms with van der Waals surface area (Å²) in [5, 5.41) is 21.2. The Morgan fingerprint density at radius 3 is 1.79 bits per heavy atom. The zero-order chi connectivity index (χ0) is 21.2. The monoisotopic (exact) mass is 390 g/mol. The van der Waals surface area contributed by atoms with Crippen LogP contribution in [0, 0.1) is 13.8 Å². The fourth-order valence-electron chi connectivity index (χ4n) is 3.13. The van der Waals surface area contributed by atoms with Crippen LogP contribution in [0.3, 0.4) is 0 Å². The second-order valence-corrected chi connectivity index (χ2v) is 5.95. The average Bonchev–Trinajstić information content (AvgIpc) is 2.67. The maximum atomic E-state index is 12.2. The molecule has 0 atom stereocenters. The molecule has 150 valence electrons. The largest absolute Gasteiger partial charge is 0.507 e. The minimum absolute atomic E-state index is 0.0487. The van der Waals surface area contributed by atoms with E-state index in [9.17, 15) is 19.8 Å². The summed E-state index contributed by atoms with van der Waals surface area (Å²) >= 11 is 0. The number of phenolic OH excluding ortho intramolecular Hbond substituents is 2. The van der Waals surface area contributed by atoms with Crippen molar-refractivity contribution < 1.29 is 38.7 Å². The summed E-state index contributed by atoms with van der Waals surface area (Å²) in [5.74, 6) is -1.84. The summed E-state index contributed by atoms with van der Waals surface area (Å²) in [5.41, 5.74) is 0.950. The van der Waals surface area contributed by atoms with Crippen LogP contribution in [-0.4, -0.2) is 50.6 Å². The van der Waals surface area contributed by atoms with Crippen molar-refractivity contribution in [2.24, 2.45) is 0 Å². The number of aryl methyl sites for hydroxylation is 1. The van der Waals surface area contributed by atoms with Gasteiger partial charge in [0, 0.05) is 11.6 Å². The van der Waals surface area contributed by atoms with Crippen LogP contribution in [0.1, 0.15) is 31.8 Å². The van der Waals surface area contributed by atoms with Crippen LogP contribution in [0.2, 0.25) is 0 Å². The van der Waals surface area contributed by atoms with Gasteiger partial charge in [-0.1, -0.05) is 0 Å². The number of carbonyl (C=O) groups excluding carboxylic acids is 2. The third kappa shape index (κ3) is 3.28. The van der Waals surface area contributed by atoms with Crippen LogP contribution >= 0.6 is 0 Å². The zero-order valence-electron chi connectivity index (χ0n) is 16.5. The van der Waals surface area contributed by atoms with Crippen LogP contribution in [-0.2, 0) is 9.47 Å². The lowest BCUT2D eigenvalue weighted by Crippen LogP contribution is -2.09. The first kappa shape index (κ1) is 20.9. The molecule has 0 aliphatic heterocycles. The smallest absolute Gasteiger partial charge is 0.341 e. The SMILES string of the molecule is COC(=O)c1c(O)cc(OC)c(-c2c(OC)cc(C)c(C(=O)OC)c2O)c1C. The van der Waals surface area contributed by atoms with Gasteiger partial charge in [0.15, 0.2) is 0 Å². The summed E-state index contributed by atoms with van der Waals surface area (Å²) in [6, 6.07) is 2.79. The van der Waals surface area contributed by atoms with Gasteiger partial charge in [0.2, 0.25) is 0 Å².